The Labute approximate surface area is 152 Å². The van der Waals surface area contributed by atoms with Gasteiger partial charge >= 0.3 is 0 Å². The largest absolute Gasteiger partial charge is 0.348 e. The van der Waals surface area contributed by atoms with Gasteiger partial charge in [0, 0.05) is 19.7 Å². The van der Waals surface area contributed by atoms with Crippen LogP contribution in [0.15, 0.2) is 41.6 Å². The van der Waals surface area contributed by atoms with E-state index in [-0.39, 0.29) is 11.2 Å². The van der Waals surface area contributed by atoms with E-state index in [2.05, 4.69) is 18.1 Å². The summed E-state index contributed by atoms with van der Waals surface area (Å²) in [6, 6.07) is 12.1. The molecule has 3 aromatic rings. The van der Waals surface area contributed by atoms with Gasteiger partial charge in [-0.2, -0.15) is 5.10 Å². The monoisotopic (exact) mass is 354 g/mol. The maximum atomic E-state index is 12.2. The van der Waals surface area contributed by atoms with E-state index in [0.29, 0.717) is 0 Å². The van der Waals surface area contributed by atoms with Crippen molar-refractivity contribution in [2.45, 2.75) is 31.2 Å². The van der Waals surface area contributed by atoms with Gasteiger partial charge in [0.2, 0.25) is 5.91 Å². The first kappa shape index (κ1) is 17.5. The zero-order valence-corrected chi connectivity index (χ0v) is 16.0. The fourth-order valence-electron chi connectivity index (χ4n) is 2.85. The highest BCUT2D eigenvalue weighted by Crippen LogP contribution is 2.32. The van der Waals surface area contributed by atoms with Crippen molar-refractivity contribution in [2.75, 3.05) is 14.1 Å². The molecule has 0 aliphatic carbocycles. The lowest BCUT2D eigenvalue weighted by Gasteiger charge is -2.15. The zero-order valence-electron chi connectivity index (χ0n) is 15.1. The number of amides is 1. The van der Waals surface area contributed by atoms with Crippen LogP contribution in [0, 0.1) is 13.8 Å². The summed E-state index contributed by atoms with van der Waals surface area (Å²) in [6.45, 7) is 5.94. The van der Waals surface area contributed by atoms with Gasteiger partial charge in [0.05, 0.1) is 22.2 Å². The van der Waals surface area contributed by atoms with Gasteiger partial charge in [-0.1, -0.05) is 42.1 Å². The molecular formula is C19H22N4OS. The molecule has 1 atom stereocenters. The van der Waals surface area contributed by atoms with Gasteiger partial charge in [-0.15, -0.1) is 0 Å². The van der Waals surface area contributed by atoms with Crippen LogP contribution in [0.4, 0.5) is 0 Å². The van der Waals surface area contributed by atoms with Gasteiger partial charge in [0.15, 0.2) is 5.16 Å². The molecule has 1 unspecified atom stereocenters. The smallest absolute Gasteiger partial charge is 0.235 e. The molecule has 5 nitrogen and oxygen atoms in total. The molecule has 0 saturated heterocycles. The number of hydrogen-bond acceptors (Lipinski definition) is 4. The predicted octanol–water partition coefficient (Wildman–Crippen LogP) is 3.58. The summed E-state index contributed by atoms with van der Waals surface area (Å²) >= 11 is 1.44. The van der Waals surface area contributed by atoms with Crippen LogP contribution >= 0.6 is 11.8 Å². The van der Waals surface area contributed by atoms with E-state index in [1.54, 1.807) is 19.0 Å². The number of aromatic nitrogens is 3. The van der Waals surface area contributed by atoms with Crippen molar-refractivity contribution in [3.05, 3.63) is 47.7 Å². The summed E-state index contributed by atoms with van der Waals surface area (Å²) in [6.07, 6.45) is 0. The minimum absolute atomic E-state index is 0.0624. The second-order valence-electron chi connectivity index (χ2n) is 6.33. The Kier molecular flexibility index (Phi) is 4.81. The van der Waals surface area contributed by atoms with Crippen molar-refractivity contribution in [3.63, 3.8) is 0 Å². The van der Waals surface area contributed by atoms with E-state index in [0.717, 1.165) is 33.2 Å². The highest BCUT2D eigenvalue weighted by molar-refractivity contribution is 8.00. The molecule has 3 rings (SSSR count). The topological polar surface area (TPSA) is 50.5 Å². The number of hydrogen-bond donors (Lipinski definition) is 0. The lowest BCUT2D eigenvalue weighted by Crippen LogP contribution is -2.29. The first-order valence-corrected chi connectivity index (χ1v) is 9.06. The lowest BCUT2D eigenvalue weighted by molar-refractivity contribution is -0.127. The van der Waals surface area contributed by atoms with E-state index in [1.165, 1.54) is 11.8 Å². The van der Waals surface area contributed by atoms with Crippen LogP contribution in [0.5, 0.6) is 0 Å². The average Bonchev–Trinajstić information content (AvgIpc) is 2.93. The molecular weight excluding hydrogens is 332 g/mol. The highest BCUT2D eigenvalue weighted by atomic mass is 32.2. The van der Waals surface area contributed by atoms with Crippen LogP contribution in [0.2, 0.25) is 0 Å². The number of carbonyl (C=O) groups excluding carboxylic acids is 1. The molecule has 0 aliphatic heterocycles. The SMILES string of the molecule is Cc1cc(C)c2c(-c3ccccc3)nc(SC(C)C(=O)N(C)C)n2n1. The van der Waals surface area contributed by atoms with E-state index < -0.39 is 0 Å². The van der Waals surface area contributed by atoms with Gasteiger partial charge in [0.25, 0.3) is 0 Å². The number of carbonyl (C=O) groups is 1. The van der Waals surface area contributed by atoms with Crippen LogP contribution in [-0.4, -0.2) is 44.8 Å². The van der Waals surface area contributed by atoms with Crippen LogP contribution < -0.4 is 0 Å². The third-order valence-electron chi connectivity index (χ3n) is 4.00. The van der Waals surface area contributed by atoms with Crippen molar-refractivity contribution < 1.29 is 4.79 Å². The summed E-state index contributed by atoms with van der Waals surface area (Å²) in [7, 11) is 3.54. The van der Waals surface area contributed by atoms with Crippen molar-refractivity contribution in [1.29, 1.82) is 0 Å². The number of rotatable bonds is 4. The first-order valence-electron chi connectivity index (χ1n) is 8.18. The molecule has 2 heterocycles. The summed E-state index contributed by atoms with van der Waals surface area (Å²) in [5, 5.41) is 5.16. The van der Waals surface area contributed by atoms with Crippen LogP contribution in [-0.2, 0) is 4.79 Å². The second kappa shape index (κ2) is 6.88. The van der Waals surface area contributed by atoms with Gasteiger partial charge in [0.1, 0.15) is 0 Å². The summed E-state index contributed by atoms with van der Waals surface area (Å²) in [5.41, 5.74) is 4.99. The predicted molar refractivity (Wildman–Crippen MR) is 102 cm³/mol. The summed E-state index contributed by atoms with van der Waals surface area (Å²) in [4.78, 5) is 18.7. The van der Waals surface area contributed by atoms with Crippen LogP contribution in [0.1, 0.15) is 18.2 Å². The molecule has 0 bridgehead atoms. The molecule has 2 aromatic heterocycles. The van der Waals surface area contributed by atoms with Crippen molar-refractivity contribution in [3.8, 4) is 11.3 Å². The Morgan fingerprint density at radius 3 is 2.52 bits per heavy atom. The first-order chi connectivity index (χ1) is 11.9. The van der Waals surface area contributed by atoms with Crippen LogP contribution in [0.25, 0.3) is 16.8 Å². The molecule has 0 spiro atoms. The number of benzene rings is 1. The fraction of sp³-hybridized carbons (Fsp3) is 0.316. The average molecular weight is 354 g/mol. The minimum Gasteiger partial charge on any atom is -0.348 e. The highest BCUT2D eigenvalue weighted by Gasteiger charge is 2.22. The third-order valence-corrected chi connectivity index (χ3v) is 5.03. The number of aryl methyl sites for hydroxylation is 2. The van der Waals surface area contributed by atoms with E-state index >= 15 is 0 Å². The summed E-state index contributed by atoms with van der Waals surface area (Å²) < 4.78 is 1.87. The van der Waals surface area contributed by atoms with Gasteiger partial charge in [-0.25, -0.2) is 9.50 Å². The zero-order chi connectivity index (χ0) is 18.1. The maximum absolute atomic E-state index is 12.2. The normalized spacial score (nSPS) is 12.4. The van der Waals surface area contributed by atoms with E-state index in [9.17, 15) is 4.79 Å². The number of nitrogens with zero attached hydrogens (tertiary/aromatic N) is 4. The Morgan fingerprint density at radius 1 is 1.20 bits per heavy atom. The summed E-state index contributed by atoms with van der Waals surface area (Å²) in [5.74, 6) is 0.0624. The van der Waals surface area contributed by atoms with Crippen molar-refractivity contribution in [2.24, 2.45) is 0 Å². The Balaban J connectivity index is 2.15. The molecule has 0 fully saturated rings. The van der Waals surface area contributed by atoms with Gasteiger partial charge in [-0.05, 0) is 32.4 Å². The van der Waals surface area contributed by atoms with Crippen molar-refractivity contribution >= 4 is 23.2 Å². The molecule has 0 saturated carbocycles. The fourth-order valence-corrected chi connectivity index (χ4v) is 3.86. The number of thioether (sulfide) groups is 1. The molecule has 0 N–H and O–H groups in total. The molecule has 0 aliphatic rings. The van der Waals surface area contributed by atoms with Crippen LogP contribution in [0.3, 0.4) is 0 Å². The quantitative estimate of drug-likeness (QED) is 0.672. The van der Waals surface area contributed by atoms with E-state index in [1.807, 2.05) is 48.7 Å². The molecule has 1 amide bonds. The van der Waals surface area contributed by atoms with Gasteiger partial charge in [-0.3, -0.25) is 4.79 Å². The number of imidazole rings is 1. The third kappa shape index (κ3) is 3.39. The lowest BCUT2D eigenvalue weighted by atomic mass is 10.1. The Hall–Kier alpha value is -2.34. The maximum Gasteiger partial charge on any atom is 0.235 e. The van der Waals surface area contributed by atoms with Crippen molar-refractivity contribution in [1.82, 2.24) is 19.5 Å². The minimum atomic E-state index is -0.230. The Bertz CT molecular complexity index is 918. The molecule has 25 heavy (non-hydrogen) atoms. The van der Waals surface area contributed by atoms with Gasteiger partial charge < -0.3 is 4.90 Å². The second-order valence-corrected chi connectivity index (χ2v) is 7.64. The molecule has 130 valence electrons. The Morgan fingerprint density at radius 2 is 1.88 bits per heavy atom. The molecule has 0 radical (unpaired) electrons. The van der Waals surface area contributed by atoms with E-state index in [4.69, 9.17) is 4.98 Å². The standard InChI is InChI=1S/C19H22N4OS/c1-12-11-13(2)21-23-17(12)16(15-9-7-6-8-10-15)20-19(23)25-14(3)18(24)22(4)5/h6-11,14H,1-5H3. The number of fused-ring (bicyclic) bond motifs is 1. The molecule has 6 heteroatoms. The molecule has 1 aromatic carbocycles.